The largest absolute Gasteiger partial charge is 1.00 e. The van der Waals surface area contributed by atoms with Gasteiger partial charge in [-0.25, -0.2) is 0 Å². The molecule has 0 atom stereocenters. The van der Waals surface area contributed by atoms with Gasteiger partial charge in [-0.2, -0.15) is 0 Å². The van der Waals surface area contributed by atoms with Crippen molar-refractivity contribution in [2.24, 2.45) is 23.7 Å². The molecule has 4 saturated carbocycles. The monoisotopic (exact) mass is 634 g/mol. The maximum absolute atomic E-state index is 2.69. The fraction of sp³-hybridized carbons (Fsp3) is 0.275. The molecule has 0 aliphatic heterocycles. The average molecular weight is 636 g/mol. The van der Waals surface area contributed by atoms with E-state index in [0.29, 0.717) is 0 Å². The second-order valence-corrected chi connectivity index (χ2v) is 17.2. The van der Waals surface area contributed by atoms with Crippen LogP contribution in [-0.2, 0) is 23.8 Å². The number of rotatable bonds is 4. The van der Waals surface area contributed by atoms with Crippen LogP contribution < -0.4 is 28.7 Å². The maximum atomic E-state index is 2.69. The molecule has 6 aliphatic rings. The molecule has 43 heavy (non-hydrogen) atoms. The quantitative estimate of drug-likeness (QED) is 0.266. The summed E-state index contributed by atoms with van der Waals surface area (Å²) in [7, 11) is 0. The summed E-state index contributed by atoms with van der Waals surface area (Å²) in [6.07, 6.45) is 17.1. The molecule has 0 spiro atoms. The molecule has 0 saturated heterocycles. The molecule has 6 aliphatic carbocycles. The van der Waals surface area contributed by atoms with Crippen molar-refractivity contribution in [3.05, 3.63) is 124 Å². The minimum atomic E-state index is -1.89. The van der Waals surface area contributed by atoms with Crippen molar-refractivity contribution in [3.8, 4) is 33.4 Å². The van der Waals surface area contributed by atoms with E-state index in [1.165, 1.54) is 77.5 Å². The fourth-order valence-electron chi connectivity index (χ4n) is 9.35. The van der Waals surface area contributed by atoms with Crippen molar-refractivity contribution >= 4 is 7.68 Å². The fourth-order valence-corrected chi connectivity index (χ4v) is 15.2. The molecule has 3 heteroatoms. The first-order valence-corrected chi connectivity index (χ1v) is 18.1. The van der Waals surface area contributed by atoms with Gasteiger partial charge < -0.3 is 24.8 Å². The van der Waals surface area contributed by atoms with Gasteiger partial charge in [-0.05, 0) is 0 Å². The molecule has 0 aromatic heterocycles. The first-order valence-electron chi connectivity index (χ1n) is 15.8. The molecule has 0 heterocycles. The van der Waals surface area contributed by atoms with Crippen molar-refractivity contribution in [2.75, 3.05) is 0 Å². The summed E-state index contributed by atoms with van der Waals surface area (Å²) < 4.78 is 5.66. The molecule has 0 unspecified atom stereocenters. The Labute approximate surface area is 274 Å². The van der Waals surface area contributed by atoms with Crippen LogP contribution in [0.15, 0.2) is 113 Å². The smallest absolute Gasteiger partial charge is 1.00 e. The van der Waals surface area contributed by atoms with Gasteiger partial charge in [0, 0.05) is 0 Å². The van der Waals surface area contributed by atoms with E-state index in [1.807, 2.05) is 0 Å². The van der Waals surface area contributed by atoms with Crippen molar-refractivity contribution in [3.63, 3.8) is 0 Å². The van der Waals surface area contributed by atoms with E-state index >= 15 is 0 Å². The molecule has 4 fully saturated rings. The third kappa shape index (κ3) is 5.00. The molecule has 0 radical (unpaired) electrons. The van der Waals surface area contributed by atoms with E-state index in [2.05, 4.69) is 113 Å². The third-order valence-corrected chi connectivity index (χ3v) is 16.2. The van der Waals surface area contributed by atoms with Gasteiger partial charge in [0.1, 0.15) is 0 Å². The zero-order valence-corrected chi connectivity index (χ0v) is 27.5. The Morgan fingerprint density at radius 2 is 1.21 bits per heavy atom. The summed E-state index contributed by atoms with van der Waals surface area (Å²) in [5.41, 5.74) is 11.6. The minimum Gasteiger partial charge on any atom is -1.00 e. The van der Waals surface area contributed by atoms with Crippen molar-refractivity contribution < 1.29 is 42.2 Å². The minimum absolute atomic E-state index is 0. The Balaban J connectivity index is 0.00000150. The Hall–Kier alpha value is -2.48. The number of halogens is 2. The second kappa shape index (κ2) is 11.8. The van der Waals surface area contributed by atoms with Gasteiger partial charge in [-0.3, -0.25) is 0 Å². The summed E-state index contributed by atoms with van der Waals surface area (Å²) >= 11 is -1.89. The zero-order chi connectivity index (χ0) is 26.9. The Bertz CT molecular complexity index is 1750. The van der Waals surface area contributed by atoms with Gasteiger partial charge in [-0.1, -0.05) is 0 Å². The summed E-state index contributed by atoms with van der Waals surface area (Å²) in [6, 6.07) is 34.6. The maximum Gasteiger partial charge on any atom is -1.00 e. The number of hydrogen-bond acceptors (Lipinski definition) is 0. The molecule has 0 N–H and O–H groups in total. The summed E-state index contributed by atoms with van der Waals surface area (Å²) in [6.45, 7) is 0. The number of fused-ring (bicyclic) bond motifs is 3. The van der Waals surface area contributed by atoms with Crippen LogP contribution in [0.25, 0.3) is 33.4 Å². The van der Waals surface area contributed by atoms with Crippen LogP contribution in [0.3, 0.4) is 0 Å². The predicted octanol–water partition coefficient (Wildman–Crippen LogP) is 3.32. The van der Waals surface area contributed by atoms with Crippen LogP contribution in [0, 0.1) is 23.7 Å². The van der Waals surface area contributed by atoms with Crippen LogP contribution in [0.5, 0.6) is 0 Å². The van der Waals surface area contributed by atoms with Gasteiger partial charge in [-0.15, -0.1) is 0 Å². The molecule has 214 valence electrons. The van der Waals surface area contributed by atoms with E-state index in [1.54, 1.807) is 13.3 Å². The molecule has 0 amide bonds. The van der Waals surface area contributed by atoms with Gasteiger partial charge in [0.2, 0.25) is 0 Å². The van der Waals surface area contributed by atoms with Gasteiger partial charge >= 0.3 is 251 Å². The van der Waals surface area contributed by atoms with Gasteiger partial charge in [0.25, 0.3) is 0 Å². The standard InChI is InChI=1S/C25H17.C10H14.C5H5.2ClH.Ti/c1-3-7-18(8-4-1)20-11-13-22-15-23-14-12-21(17-25(23)24(22)16-20)19-9-5-2-6-10-19;1-7-2-9-4-8(1)5-10(3-7)6-9;1-2-4-5-3-1;;;/h1-13,16-17H,15H2;7-10H,1-5H2;1-3H,4H2;2*1H;/q;;;;;+2/p-2. The number of benzene rings is 4. The van der Waals surface area contributed by atoms with E-state index in [-0.39, 0.29) is 24.8 Å². The first kappa shape index (κ1) is 29.2. The molecular formula is C40H36Cl2Ti. The summed E-state index contributed by atoms with van der Waals surface area (Å²) in [5, 5.41) is 0. The predicted molar refractivity (Wildman–Crippen MR) is 169 cm³/mol. The Morgan fingerprint density at radius 3 is 1.84 bits per heavy atom. The normalized spacial score (nSPS) is 23.5. The van der Waals surface area contributed by atoms with Crippen LogP contribution in [0.4, 0.5) is 0 Å². The van der Waals surface area contributed by atoms with Crippen LogP contribution in [0.2, 0.25) is 0 Å². The molecule has 0 nitrogen and oxygen atoms in total. The molecule has 4 bridgehead atoms. The van der Waals surface area contributed by atoms with Crippen LogP contribution >= 0.6 is 0 Å². The van der Waals surface area contributed by atoms with Crippen molar-refractivity contribution in [2.45, 2.75) is 44.9 Å². The topological polar surface area (TPSA) is 0 Å². The third-order valence-electron chi connectivity index (χ3n) is 10.9. The SMILES string of the molecule is C1=CC[C]([Ti+2](=[C]2C3CC4CC(C3)CC2C4)[c]2cc(-c3ccccc3)cc3c2Cc2ccc(-c4ccccc4)cc2-3)=C1.[Cl-].[Cl-]. The summed E-state index contributed by atoms with van der Waals surface area (Å²) in [5.74, 6) is 3.82. The van der Waals surface area contributed by atoms with Gasteiger partial charge in [0.15, 0.2) is 0 Å². The molecule has 4 aromatic carbocycles. The molecular weight excluding hydrogens is 599 g/mol. The first-order chi connectivity index (χ1) is 20.3. The Morgan fingerprint density at radius 1 is 0.581 bits per heavy atom. The number of allylic oxidation sites excluding steroid dienone is 4. The van der Waals surface area contributed by atoms with Crippen molar-refractivity contribution in [1.82, 2.24) is 0 Å². The van der Waals surface area contributed by atoms with Gasteiger partial charge in [0.05, 0.1) is 0 Å². The van der Waals surface area contributed by atoms with Crippen LogP contribution in [-0.4, -0.2) is 3.81 Å². The van der Waals surface area contributed by atoms with Crippen molar-refractivity contribution in [1.29, 1.82) is 0 Å². The molecule has 10 rings (SSSR count). The molecule has 4 aromatic rings. The van der Waals surface area contributed by atoms with E-state index < -0.39 is 17.4 Å². The Kier molecular flexibility index (Phi) is 8.02. The number of hydrogen-bond donors (Lipinski definition) is 0. The van der Waals surface area contributed by atoms with E-state index in [4.69, 9.17) is 0 Å². The second-order valence-electron chi connectivity index (χ2n) is 13.3. The van der Waals surface area contributed by atoms with E-state index in [0.717, 1.165) is 30.1 Å². The average Bonchev–Trinajstić information content (AvgIpc) is 3.67. The van der Waals surface area contributed by atoms with E-state index in [9.17, 15) is 0 Å². The zero-order valence-electron chi connectivity index (χ0n) is 24.4. The van der Waals surface area contributed by atoms with Crippen LogP contribution in [0.1, 0.15) is 49.7 Å². The summed E-state index contributed by atoms with van der Waals surface area (Å²) in [4.78, 5) is 0.